The average Bonchev–Trinajstić information content (AvgIpc) is 3.26. The number of hydrogen-bond donors (Lipinski definition) is 3. The fourth-order valence-electron chi connectivity index (χ4n) is 3.99. The van der Waals surface area contributed by atoms with Crippen LogP contribution in [-0.4, -0.2) is 21.0 Å². The average molecular weight is 455 g/mol. The molecule has 0 aliphatic heterocycles. The third-order valence-corrected chi connectivity index (χ3v) is 5.74. The topological polar surface area (TPSA) is 105 Å². The van der Waals surface area contributed by atoms with Crippen LogP contribution in [0.4, 0.5) is 28.8 Å². The Morgan fingerprint density at radius 2 is 1.53 bits per heavy atom. The lowest BCUT2D eigenvalue weighted by Gasteiger charge is -2.11. The van der Waals surface area contributed by atoms with Crippen LogP contribution in [0.25, 0.3) is 0 Å². The van der Waals surface area contributed by atoms with Crippen molar-refractivity contribution in [3.63, 3.8) is 0 Å². The lowest BCUT2D eigenvalue weighted by atomic mass is 9.96. The Kier molecular flexibility index (Phi) is 5.95. The summed E-state index contributed by atoms with van der Waals surface area (Å²) in [6, 6.07) is 17.4. The van der Waals surface area contributed by atoms with E-state index in [2.05, 4.69) is 31.1 Å². The number of fused-ring (bicyclic) bond motifs is 1. The van der Waals surface area contributed by atoms with Crippen LogP contribution in [0.2, 0.25) is 0 Å². The van der Waals surface area contributed by atoms with Crippen molar-refractivity contribution in [2.45, 2.75) is 39.5 Å². The summed E-state index contributed by atoms with van der Waals surface area (Å²) in [6.45, 7) is 3.97. The van der Waals surface area contributed by atoms with E-state index in [1.54, 1.807) is 0 Å². The van der Waals surface area contributed by atoms with Gasteiger partial charge in [0.2, 0.25) is 5.95 Å². The number of aromatic nitrogens is 3. The predicted octanol–water partition coefficient (Wildman–Crippen LogP) is 5.70. The van der Waals surface area contributed by atoms with Crippen LogP contribution >= 0.6 is 0 Å². The number of anilines is 5. The molecule has 1 amide bonds. The fraction of sp³-hybridized carbons (Fsp3) is 0.231. The van der Waals surface area contributed by atoms with Crippen LogP contribution in [0.15, 0.2) is 59.1 Å². The van der Waals surface area contributed by atoms with Gasteiger partial charge in [-0.1, -0.05) is 22.9 Å². The van der Waals surface area contributed by atoms with Crippen molar-refractivity contribution in [1.82, 2.24) is 15.1 Å². The zero-order valence-electron chi connectivity index (χ0n) is 19.2. The number of nitrogens with one attached hydrogen (secondary N) is 3. The summed E-state index contributed by atoms with van der Waals surface area (Å²) in [6.07, 6.45) is 3.82. The molecule has 0 unspecified atom stereocenters. The molecule has 8 nitrogen and oxygen atoms in total. The van der Waals surface area contributed by atoms with Crippen LogP contribution < -0.4 is 16.0 Å². The summed E-state index contributed by atoms with van der Waals surface area (Å²) in [5, 5.41) is 13.4. The van der Waals surface area contributed by atoms with Gasteiger partial charge in [0, 0.05) is 40.8 Å². The van der Waals surface area contributed by atoms with Crippen molar-refractivity contribution < 1.29 is 9.32 Å². The number of rotatable bonds is 6. The van der Waals surface area contributed by atoms with Gasteiger partial charge in [0.25, 0.3) is 5.91 Å². The van der Waals surface area contributed by atoms with Gasteiger partial charge >= 0.3 is 0 Å². The number of benzene rings is 2. The van der Waals surface area contributed by atoms with E-state index >= 15 is 0 Å². The molecule has 2 heterocycles. The summed E-state index contributed by atoms with van der Waals surface area (Å²) in [4.78, 5) is 21.7. The molecule has 34 heavy (non-hydrogen) atoms. The van der Waals surface area contributed by atoms with E-state index in [1.807, 2.05) is 68.4 Å². The van der Waals surface area contributed by atoms with Crippen LogP contribution in [-0.2, 0) is 12.8 Å². The molecule has 2 aromatic carbocycles. The molecule has 2 aromatic heterocycles. The van der Waals surface area contributed by atoms with Crippen molar-refractivity contribution in [3.05, 3.63) is 82.9 Å². The van der Waals surface area contributed by atoms with E-state index in [0.717, 1.165) is 54.1 Å². The van der Waals surface area contributed by atoms with E-state index in [4.69, 9.17) is 4.52 Å². The number of carbonyl (C=O) groups is 1. The number of amides is 1. The molecule has 1 aliphatic carbocycles. The molecule has 0 saturated carbocycles. The Labute approximate surface area is 197 Å². The van der Waals surface area contributed by atoms with Crippen molar-refractivity contribution in [2.75, 3.05) is 16.0 Å². The fourth-order valence-corrected chi connectivity index (χ4v) is 3.99. The van der Waals surface area contributed by atoms with Gasteiger partial charge < -0.3 is 20.5 Å². The zero-order valence-corrected chi connectivity index (χ0v) is 19.2. The van der Waals surface area contributed by atoms with Gasteiger partial charge in [-0.25, -0.2) is 4.98 Å². The van der Waals surface area contributed by atoms with Crippen molar-refractivity contribution in [2.24, 2.45) is 0 Å². The largest absolute Gasteiger partial charge is 0.360 e. The molecule has 0 radical (unpaired) electrons. The molecule has 0 saturated heterocycles. The van der Waals surface area contributed by atoms with Gasteiger partial charge in [-0.05, 0) is 69.5 Å². The standard InChI is InChI=1S/C26H26N6O2/c1-16-7-9-20(10-8-16)30-26-27-17(2)15-23(31-26)28-18-11-13-19(14-12-18)29-25(33)24-21-5-3-4-6-22(21)34-32-24/h7-15H,3-6H2,1-2H3,(H,29,33)(H2,27,28,30,31). The van der Waals surface area contributed by atoms with Crippen LogP contribution in [0.5, 0.6) is 0 Å². The smallest absolute Gasteiger partial charge is 0.278 e. The molecule has 1 aliphatic rings. The monoisotopic (exact) mass is 454 g/mol. The highest BCUT2D eigenvalue weighted by Crippen LogP contribution is 2.25. The lowest BCUT2D eigenvalue weighted by Crippen LogP contribution is -2.15. The third kappa shape index (κ3) is 4.91. The van der Waals surface area contributed by atoms with E-state index in [-0.39, 0.29) is 5.91 Å². The van der Waals surface area contributed by atoms with Crippen LogP contribution in [0, 0.1) is 13.8 Å². The first kappa shape index (κ1) is 21.6. The van der Waals surface area contributed by atoms with E-state index in [0.29, 0.717) is 23.1 Å². The second kappa shape index (κ2) is 9.35. The second-order valence-electron chi connectivity index (χ2n) is 8.51. The second-order valence-corrected chi connectivity index (χ2v) is 8.51. The molecule has 0 bridgehead atoms. The SMILES string of the molecule is Cc1ccc(Nc2nc(C)cc(Nc3ccc(NC(=O)c4noc5c4CCCC5)cc3)n2)cc1. The summed E-state index contributed by atoms with van der Waals surface area (Å²) in [7, 11) is 0. The van der Waals surface area contributed by atoms with Crippen LogP contribution in [0.1, 0.15) is 45.9 Å². The summed E-state index contributed by atoms with van der Waals surface area (Å²) >= 11 is 0. The molecule has 0 atom stereocenters. The summed E-state index contributed by atoms with van der Waals surface area (Å²) in [5.41, 5.74) is 5.82. The van der Waals surface area contributed by atoms with Crippen molar-refractivity contribution in [3.8, 4) is 0 Å². The Morgan fingerprint density at radius 3 is 2.32 bits per heavy atom. The molecule has 3 N–H and O–H groups in total. The minimum absolute atomic E-state index is 0.245. The normalized spacial score (nSPS) is 12.6. The van der Waals surface area contributed by atoms with Crippen LogP contribution in [0.3, 0.4) is 0 Å². The minimum atomic E-state index is -0.245. The Balaban J connectivity index is 1.25. The van der Waals surface area contributed by atoms with Gasteiger partial charge in [0.15, 0.2) is 5.69 Å². The van der Waals surface area contributed by atoms with E-state index in [1.165, 1.54) is 5.56 Å². The zero-order chi connectivity index (χ0) is 23.5. The first-order valence-electron chi connectivity index (χ1n) is 11.4. The molecule has 0 spiro atoms. The summed E-state index contributed by atoms with van der Waals surface area (Å²) < 4.78 is 5.36. The Bertz CT molecular complexity index is 1310. The van der Waals surface area contributed by atoms with Gasteiger partial charge in [-0.3, -0.25) is 4.79 Å². The summed E-state index contributed by atoms with van der Waals surface area (Å²) in [5.74, 6) is 1.79. The van der Waals surface area contributed by atoms with E-state index in [9.17, 15) is 4.79 Å². The molecule has 5 rings (SSSR count). The highest BCUT2D eigenvalue weighted by Gasteiger charge is 2.24. The van der Waals surface area contributed by atoms with Gasteiger partial charge in [-0.15, -0.1) is 0 Å². The lowest BCUT2D eigenvalue weighted by molar-refractivity contribution is 0.101. The maximum atomic E-state index is 12.7. The first-order chi connectivity index (χ1) is 16.5. The van der Waals surface area contributed by atoms with E-state index < -0.39 is 0 Å². The number of nitrogens with zero attached hydrogens (tertiary/aromatic N) is 3. The van der Waals surface area contributed by atoms with Gasteiger partial charge in [0.1, 0.15) is 11.6 Å². The highest BCUT2D eigenvalue weighted by molar-refractivity contribution is 6.04. The molecular weight excluding hydrogens is 428 g/mol. The molecule has 8 heteroatoms. The predicted molar refractivity (Wildman–Crippen MR) is 132 cm³/mol. The van der Waals surface area contributed by atoms with Gasteiger partial charge in [0.05, 0.1) is 0 Å². The quantitative estimate of drug-likeness (QED) is 0.343. The number of carbonyl (C=O) groups excluding carboxylic acids is 1. The van der Waals surface area contributed by atoms with Gasteiger partial charge in [-0.2, -0.15) is 4.98 Å². The maximum absolute atomic E-state index is 12.7. The molecule has 172 valence electrons. The highest BCUT2D eigenvalue weighted by atomic mass is 16.5. The minimum Gasteiger partial charge on any atom is -0.360 e. The Morgan fingerprint density at radius 1 is 0.853 bits per heavy atom. The number of hydrogen-bond acceptors (Lipinski definition) is 7. The third-order valence-electron chi connectivity index (χ3n) is 5.74. The molecule has 4 aromatic rings. The molecular formula is C26H26N6O2. The Hall–Kier alpha value is -4.20. The first-order valence-corrected chi connectivity index (χ1v) is 11.4. The number of aryl methyl sites for hydroxylation is 3. The molecule has 0 fully saturated rings. The van der Waals surface area contributed by atoms with Crippen molar-refractivity contribution in [1.29, 1.82) is 0 Å². The maximum Gasteiger partial charge on any atom is 0.278 e. The van der Waals surface area contributed by atoms with Crippen molar-refractivity contribution >= 4 is 34.7 Å².